The van der Waals surface area contributed by atoms with Gasteiger partial charge in [0, 0.05) is 39.1 Å². The standard InChI is InChI=1S/C45H34N6/c1-5-14-32(15-6-1)34-24-28-38(29-25-34)50(36-18-9-3-10-19-36)44-40-22-13-23-41-42(40)43(46-48-44)47-49-45(41)51(37-20-11-4-12-21-37)39-30-26-35(27-31-39)33-16-7-2-8-17-33/h1-11,13-20,22-31H,12,21H2,(H,46,47). The summed E-state index contributed by atoms with van der Waals surface area (Å²) in [5.41, 5.74) is 13.2. The van der Waals surface area contributed by atoms with Gasteiger partial charge in [0.2, 0.25) is 0 Å². The summed E-state index contributed by atoms with van der Waals surface area (Å²) >= 11 is 0. The molecule has 9 rings (SSSR count). The molecule has 1 aliphatic carbocycles. The largest absolute Gasteiger partial charge is 0.297 e. The second-order valence-electron chi connectivity index (χ2n) is 12.6. The van der Waals surface area contributed by atoms with E-state index in [1.165, 1.54) is 22.4 Å². The van der Waals surface area contributed by atoms with Gasteiger partial charge in [-0.25, -0.2) is 0 Å². The number of hydrogen-bond donors (Lipinski definition) is 1. The minimum atomic E-state index is 0.637. The van der Waals surface area contributed by atoms with Crippen molar-refractivity contribution in [3.8, 4) is 22.3 Å². The van der Waals surface area contributed by atoms with Crippen LogP contribution in [-0.4, -0.2) is 16.0 Å². The van der Waals surface area contributed by atoms with Crippen LogP contribution in [0.1, 0.15) is 18.4 Å². The average molecular weight is 659 g/mol. The number of anilines is 5. The number of nitrogens with zero attached hydrogens (tertiary/aromatic N) is 5. The second kappa shape index (κ2) is 13.3. The molecule has 1 aromatic heterocycles. The van der Waals surface area contributed by atoms with Crippen molar-refractivity contribution >= 4 is 45.3 Å². The Kier molecular flexibility index (Phi) is 7.87. The highest BCUT2D eigenvalue weighted by Gasteiger charge is 2.28. The average Bonchev–Trinajstić information content (AvgIpc) is 3.22. The Labute approximate surface area is 297 Å². The molecule has 0 bridgehead atoms. The first-order valence-corrected chi connectivity index (χ1v) is 17.3. The van der Waals surface area contributed by atoms with E-state index in [1.54, 1.807) is 0 Å². The molecule has 0 amide bonds. The molecule has 0 radical (unpaired) electrons. The number of hydrazone groups is 1. The lowest BCUT2D eigenvalue weighted by Gasteiger charge is -2.31. The highest BCUT2D eigenvalue weighted by Crippen LogP contribution is 2.42. The van der Waals surface area contributed by atoms with Gasteiger partial charge in [-0.15, -0.1) is 10.2 Å². The third-order valence-electron chi connectivity index (χ3n) is 9.48. The smallest absolute Gasteiger partial charge is 0.177 e. The fraction of sp³-hybridized carbons (Fsp3) is 0.0444. The van der Waals surface area contributed by atoms with Crippen molar-refractivity contribution in [2.24, 2.45) is 5.10 Å². The van der Waals surface area contributed by atoms with Gasteiger partial charge in [-0.2, -0.15) is 5.10 Å². The van der Waals surface area contributed by atoms with Gasteiger partial charge < -0.3 is 0 Å². The van der Waals surface area contributed by atoms with E-state index in [1.807, 2.05) is 18.2 Å². The van der Waals surface area contributed by atoms with Crippen LogP contribution in [0.5, 0.6) is 0 Å². The lowest BCUT2D eigenvalue weighted by atomic mass is 10.0. The summed E-state index contributed by atoms with van der Waals surface area (Å²) in [6.07, 6.45) is 8.39. The van der Waals surface area contributed by atoms with Gasteiger partial charge in [0.15, 0.2) is 17.5 Å². The molecule has 1 N–H and O–H groups in total. The monoisotopic (exact) mass is 658 g/mol. The summed E-state index contributed by atoms with van der Waals surface area (Å²) in [7, 11) is 0. The van der Waals surface area contributed by atoms with Crippen LogP contribution in [0.3, 0.4) is 0 Å². The number of hydrogen-bond acceptors (Lipinski definition) is 6. The van der Waals surface area contributed by atoms with Crippen LogP contribution >= 0.6 is 0 Å². The number of allylic oxidation sites excluding steroid dienone is 4. The molecule has 6 heteroatoms. The van der Waals surface area contributed by atoms with Gasteiger partial charge in [-0.1, -0.05) is 133 Å². The molecule has 6 nitrogen and oxygen atoms in total. The highest BCUT2D eigenvalue weighted by molar-refractivity contribution is 6.24. The third kappa shape index (κ3) is 5.73. The van der Waals surface area contributed by atoms with Gasteiger partial charge in [0.25, 0.3) is 0 Å². The summed E-state index contributed by atoms with van der Waals surface area (Å²) in [5, 5.41) is 16.5. The Balaban J connectivity index is 1.17. The van der Waals surface area contributed by atoms with Crippen molar-refractivity contribution < 1.29 is 0 Å². The highest BCUT2D eigenvalue weighted by atomic mass is 15.4. The molecule has 2 aliphatic rings. The van der Waals surface area contributed by atoms with Crippen LogP contribution < -0.4 is 15.2 Å². The Morgan fingerprint density at radius 3 is 1.69 bits per heavy atom. The summed E-state index contributed by atoms with van der Waals surface area (Å²) < 4.78 is 0. The Bertz CT molecular complexity index is 2420. The number of aromatic nitrogens is 2. The van der Waals surface area contributed by atoms with Gasteiger partial charge in [0.05, 0.1) is 0 Å². The predicted octanol–water partition coefficient (Wildman–Crippen LogP) is 11.3. The molecular formula is C45H34N6. The zero-order valence-electron chi connectivity index (χ0n) is 27.9. The van der Waals surface area contributed by atoms with Crippen LogP contribution in [0.15, 0.2) is 187 Å². The van der Waals surface area contributed by atoms with Gasteiger partial charge in [-0.05, 0) is 77.6 Å². The summed E-state index contributed by atoms with van der Waals surface area (Å²) in [4.78, 5) is 4.46. The van der Waals surface area contributed by atoms with E-state index in [9.17, 15) is 0 Å². The zero-order chi connectivity index (χ0) is 34.0. The summed E-state index contributed by atoms with van der Waals surface area (Å²) in [6.45, 7) is 0. The predicted molar refractivity (Wildman–Crippen MR) is 211 cm³/mol. The fourth-order valence-corrected chi connectivity index (χ4v) is 7.00. The SMILES string of the molecule is C1=CCCC(N(c2ccc(-c3ccccc3)cc2)c2nnc3c4c(cccc24)C(N(c2ccccc2)c2ccc(-c4ccccc4)cc2)=NN3)=C1. The first-order chi connectivity index (χ1) is 25.3. The van der Waals surface area contributed by atoms with E-state index in [4.69, 9.17) is 15.3 Å². The van der Waals surface area contributed by atoms with Crippen LogP contribution in [0, 0.1) is 0 Å². The summed E-state index contributed by atoms with van der Waals surface area (Å²) in [5.74, 6) is 2.20. The molecular weight excluding hydrogens is 625 g/mol. The number of para-hydroxylation sites is 1. The molecule has 1 aliphatic heterocycles. The van der Waals surface area contributed by atoms with Crippen molar-refractivity contribution in [3.05, 3.63) is 187 Å². The number of amidine groups is 1. The van der Waals surface area contributed by atoms with E-state index in [2.05, 4.69) is 173 Å². The van der Waals surface area contributed by atoms with Crippen LogP contribution in [0.4, 0.5) is 28.7 Å². The van der Waals surface area contributed by atoms with Crippen LogP contribution in [0.2, 0.25) is 0 Å². The maximum absolute atomic E-state index is 4.95. The van der Waals surface area contributed by atoms with E-state index in [0.717, 1.165) is 63.5 Å². The maximum atomic E-state index is 4.95. The molecule has 0 spiro atoms. The topological polar surface area (TPSA) is 56.7 Å². The van der Waals surface area contributed by atoms with E-state index >= 15 is 0 Å². The van der Waals surface area contributed by atoms with Crippen molar-refractivity contribution in [2.45, 2.75) is 12.8 Å². The van der Waals surface area contributed by atoms with Gasteiger partial charge >= 0.3 is 0 Å². The molecule has 6 aromatic carbocycles. The number of benzene rings is 6. The molecule has 7 aromatic rings. The van der Waals surface area contributed by atoms with Crippen molar-refractivity contribution in [3.63, 3.8) is 0 Å². The molecule has 0 saturated heterocycles. The van der Waals surface area contributed by atoms with Crippen molar-refractivity contribution in [2.75, 3.05) is 15.2 Å². The molecule has 2 heterocycles. The normalized spacial score (nSPS) is 13.3. The molecule has 0 saturated carbocycles. The first kappa shape index (κ1) is 30.3. The quantitative estimate of drug-likeness (QED) is 0.185. The second-order valence-corrected chi connectivity index (χ2v) is 12.6. The zero-order valence-corrected chi connectivity index (χ0v) is 27.9. The number of nitrogens with one attached hydrogen (secondary N) is 1. The minimum Gasteiger partial charge on any atom is -0.297 e. The van der Waals surface area contributed by atoms with E-state index in [-0.39, 0.29) is 0 Å². The van der Waals surface area contributed by atoms with Gasteiger partial charge in [-0.3, -0.25) is 15.2 Å². The molecule has 51 heavy (non-hydrogen) atoms. The molecule has 0 unspecified atom stereocenters. The number of rotatable bonds is 7. The van der Waals surface area contributed by atoms with Crippen LogP contribution in [-0.2, 0) is 0 Å². The Morgan fingerprint density at radius 2 is 1.08 bits per heavy atom. The Hall–Kier alpha value is -6.79. The van der Waals surface area contributed by atoms with Gasteiger partial charge in [0.1, 0.15) is 0 Å². The molecule has 0 atom stereocenters. The third-order valence-corrected chi connectivity index (χ3v) is 9.48. The Morgan fingerprint density at radius 1 is 0.510 bits per heavy atom. The van der Waals surface area contributed by atoms with Crippen molar-refractivity contribution in [1.29, 1.82) is 0 Å². The van der Waals surface area contributed by atoms with Crippen LogP contribution in [0.25, 0.3) is 33.0 Å². The minimum absolute atomic E-state index is 0.637. The lowest BCUT2D eigenvalue weighted by Crippen LogP contribution is -2.30. The van der Waals surface area contributed by atoms with E-state index in [0.29, 0.717) is 5.82 Å². The first-order valence-electron chi connectivity index (χ1n) is 17.3. The molecule has 0 fully saturated rings. The fourth-order valence-electron chi connectivity index (χ4n) is 7.00. The van der Waals surface area contributed by atoms with E-state index < -0.39 is 0 Å². The summed E-state index contributed by atoms with van der Waals surface area (Å²) in [6, 6.07) is 55.1. The lowest BCUT2D eigenvalue weighted by molar-refractivity contribution is 0.896. The van der Waals surface area contributed by atoms with Crippen molar-refractivity contribution in [1.82, 2.24) is 10.2 Å². The maximum Gasteiger partial charge on any atom is 0.177 e. The molecule has 244 valence electrons.